The average Bonchev–Trinajstić information content (AvgIpc) is 3.64. The first-order valence-corrected chi connectivity index (χ1v) is 14.4. The van der Waals surface area contributed by atoms with E-state index in [1.54, 1.807) is 29.8 Å². The van der Waals surface area contributed by atoms with E-state index in [9.17, 15) is 4.79 Å². The number of carbonyl (C=O) groups excluding carboxylic acids is 1. The van der Waals surface area contributed by atoms with Gasteiger partial charge in [-0.15, -0.1) is 11.3 Å². The number of rotatable bonds is 5. The summed E-state index contributed by atoms with van der Waals surface area (Å²) in [7, 11) is 2.17. The number of pyridine rings is 1. The number of carbonyl (C=O) groups is 1. The number of aromatic amines is 1. The van der Waals surface area contributed by atoms with Gasteiger partial charge < -0.3 is 25.0 Å². The highest BCUT2D eigenvalue weighted by atomic mass is 32.1. The molecule has 0 spiro atoms. The van der Waals surface area contributed by atoms with Crippen molar-refractivity contribution in [2.75, 3.05) is 50.0 Å². The van der Waals surface area contributed by atoms with Crippen molar-refractivity contribution in [2.24, 2.45) is 0 Å². The predicted octanol–water partition coefficient (Wildman–Crippen LogP) is 4.78. The minimum absolute atomic E-state index is 0.0202. The molecule has 0 unspecified atom stereocenters. The SMILES string of the molecule is CN1CCN(c2cccc(Nc3nc(-c4cc5c(s4)CCN(C(=O)c4cccnc4)C5)c4cc[nH]c4n3)c2)CC1. The number of anilines is 3. The minimum Gasteiger partial charge on any atom is -0.369 e. The zero-order valence-electron chi connectivity index (χ0n) is 22.3. The number of aromatic nitrogens is 4. The number of amides is 1. The summed E-state index contributed by atoms with van der Waals surface area (Å²) in [5.74, 6) is 0.576. The third kappa shape index (κ3) is 4.80. The van der Waals surface area contributed by atoms with Gasteiger partial charge in [-0.25, -0.2) is 4.98 Å². The van der Waals surface area contributed by atoms with Crippen LogP contribution in [0.5, 0.6) is 0 Å². The molecule has 9 nitrogen and oxygen atoms in total. The Morgan fingerprint density at radius 3 is 2.77 bits per heavy atom. The van der Waals surface area contributed by atoms with E-state index in [0.717, 1.165) is 59.9 Å². The van der Waals surface area contributed by atoms with Gasteiger partial charge in [0, 0.05) is 79.5 Å². The highest BCUT2D eigenvalue weighted by molar-refractivity contribution is 7.15. The predicted molar refractivity (Wildman–Crippen MR) is 159 cm³/mol. The standard InChI is InChI=1S/C30H30N8OS/c1-36-12-14-37(15-13-36)23-6-2-5-22(17-23)33-30-34-27(24-7-10-32-28(24)35-30)26-16-21-19-38(11-8-25(21)40-26)29(39)20-4-3-9-31-18-20/h2-7,9-10,16-18H,8,11-15,19H2,1H3,(H2,32,33,34,35). The molecule has 0 saturated carbocycles. The molecule has 2 aliphatic heterocycles. The number of benzene rings is 1. The molecule has 40 heavy (non-hydrogen) atoms. The van der Waals surface area contributed by atoms with Crippen LogP contribution in [-0.4, -0.2) is 75.4 Å². The van der Waals surface area contributed by atoms with Gasteiger partial charge in [-0.2, -0.15) is 4.98 Å². The number of fused-ring (bicyclic) bond motifs is 2. The van der Waals surface area contributed by atoms with Crippen LogP contribution in [0.25, 0.3) is 21.6 Å². The number of piperazine rings is 1. The highest BCUT2D eigenvalue weighted by Gasteiger charge is 2.25. The van der Waals surface area contributed by atoms with Crippen LogP contribution in [0, 0.1) is 0 Å². The van der Waals surface area contributed by atoms with E-state index in [-0.39, 0.29) is 5.91 Å². The van der Waals surface area contributed by atoms with E-state index in [2.05, 4.69) is 62.5 Å². The summed E-state index contributed by atoms with van der Waals surface area (Å²) in [5, 5.41) is 4.44. The first-order valence-electron chi connectivity index (χ1n) is 13.6. The second-order valence-corrected chi connectivity index (χ2v) is 11.5. The summed E-state index contributed by atoms with van der Waals surface area (Å²) in [6.45, 7) is 5.44. The van der Waals surface area contributed by atoms with Crippen LogP contribution >= 0.6 is 11.3 Å². The Labute approximate surface area is 236 Å². The van der Waals surface area contributed by atoms with Gasteiger partial charge >= 0.3 is 0 Å². The lowest BCUT2D eigenvalue weighted by Crippen LogP contribution is -2.44. The van der Waals surface area contributed by atoms with Crippen molar-refractivity contribution in [2.45, 2.75) is 13.0 Å². The van der Waals surface area contributed by atoms with Crippen molar-refractivity contribution in [3.63, 3.8) is 0 Å². The molecule has 0 radical (unpaired) electrons. The summed E-state index contributed by atoms with van der Waals surface area (Å²) in [6.07, 6.45) is 6.06. The number of nitrogens with zero attached hydrogens (tertiary/aromatic N) is 6. The van der Waals surface area contributed by atoms with Gasteiger partial charge in [0.05, 0.1) is 16.1 Å². The molecule has 0 aliphatic carbocycles. The Bertz CT molecular complexity index is 1670. The zero-order valence-corrected chi connectivity index (χ0v) is 23.1. The molecule has 0 bridgehead atoms. The molecule has 7 rings (SSSR count). The van der Waals surface area contributed by atoms with Crippen molar-refractivity contribution >= 4 is 45.6 Å². The maximum absolute atomic E-state index is 13.0. The first kappa shape index (κ1) is 24.7. The average molecular weight is 551 g/mol. The molecule has 4 aromatic heterocycles. The van der Waals surface area contributed by atoms with Gasteiger partial charge in [0.2, 0.25) is 5.95 Å². The number of H-pyrrole nitrogens is 1. The zero-order chi connectivity index (χ0) is 27.1. The van der Waals surface area contributed by atoms with Gasteiger partial charge in [0.1, 0.15) is 5.65 Å². The Morgan fingerprint density at radius 1 is 1.02 bits per heavy atom. The van der Waals surface area contributed by atoms with Crippen molar-refractivity contribution in [3.8, 4) is 10.6 Å². The van der Waals surface area contributed by atoms with Crippen LogP contribution in [0.2, 0.25) is 0 Å². The third-order valence-electron chi connectivity index (χ3n) is 7.68. The van der Waals surface area contributed by atoms with E-state index in [1.807, 2.05) is 23.2 Å². The monoisotopic (exact) mass is 550 g/mol. The van der Waals surface area contributed by atoms with Crippen molar-refractivity contribution in [3.05, 3.63) is 83.1 Å². The fourth-order valence-corrected chi connectivity index (χ4v) is 6.62. The summed E-state index contributed by atoms with van der Waals surface area (Å²) in [4.78, 5) is 39.3. The van der Waals surface area contributed by atoms with E-state index >= 15 is 0 Å². The summed E-state index contributed by atoms with van der Waals surface area (Å²) >= 11 is 1.76. The fraction of sp³-hybridized carbons (Fsp3) is 0.267. The maximum Gasteiger partial charge on any atom is 0.255 e. The quantitative estimate of drug-likeness (QED) is 0.326. The summed E-state index contributed by atoms with van der Waals surface area (Å²) in [6, 6.07) is 16.3. The normalized spacial score (nSPS) is 15.8. The van der Waals surface area contributed by atoms with Gasteiger partial charge in [0.25, 0.3) is 5.91 Å². The molecule has 1 saturated heterocycles. The number of likely N-dealkylation sites (N-methyl/N-ethyl adjacent to an activating group) is 1. The molecule has 1 aromatic carbocycles. The number of nitrogens with one attached hydrogen (secondary N) is 2. The van der Waals surface area contributed by atoms with Crippen LogP contribution < -0.4 is 10.2 Å². The molecule has 2 N–H and O–H groups in total. The van der Waals surface area contributed by atoms with Gasteiger partial charge in [0.15, 0.2) is 0 Å². The smallest absolute Gasteiger partial charge is 0.255 e. The van der Waals surface area contributed by atoms with E-state index in [0.29, 0.717) is 24.6 Å². The Hall–Kier alpha value is -4.28. The van der Waals surface area contributed by atoms with Gasteiger partial charge in [-0.3, -0.25) is 9.78 Å². The Balaban J connectivity index is 1.15. The van der Waals surface area contributed by atoms with E-state index in [4.69, 9.17) is 9.97 Å². The highest BCUT2D eigenvalue weighted by Crippen LogP contribution is 2.37. The van der Waals surface area contributed by atoms with Crippen molar-refractivity contribution < 1.29 is 4.79 Å². The minimum atomic E-state index is 0.0202. The Morgan fingerprint density at radius 2 is 1.93 bits per heavy atom. The molecule has 2 aliphatic rings. The number of hydrogen-bond acceptors (Lipinski definition) is 8. The molecule has 5 aromatic rings. The summed E-state index contributed by atoms with van der Waals surface area (Å²) < 4.78 is 0. The van der Waals surface area contributed by atoms with Crippen LogP contribution in [0.1, 0.15) is 20.8 Å². The molecular weight excluding hydrogens is 520 g/mol. The third-order valence-corrected chi connectivity index (χ3v) is 8.93. The number of thiophene rings is 1. The molecule has 10 heteroatoms. The van der Waals surface area contributed by atoms with Gasteiger partial charge in [-0.1, -0.05) is 6.07 Å². The van der Waals surface area contributed by atoms with Crippen LogP contribution in [0.15, 0.2) is 67.1 Å². The molecular formula is C30H30N8OS. The fourth-order valence-electron chi connectivity index (χ4n) is 5.45. The molecule has 0 atom stereocenters. The second kappa shape index (κ2) is 10.4. The van der Waals surface area contributed by atoms with Gasteiger partial charge in [-0.05, 0) is 61.5 Å². The maximum atomic E-state index is 13.0. The van der Waals surface area contributed by atoms with Crippen molar-refractivity contribution in [1.29, 1.82) is 0 Å². The molecule has 202 valence electrons. The molecule has 1 amide bonds. The van der Waals surface area contributed by atoms with E-state index < -0.39 is 0 Å². The molecule has 1 fully saturated rings. The van der Waals surface area contributed by atoms with Crippen molar-refractivity contribution in [1.82, 2.24) is 29.7 Å². The number of hydrogen-bond donors (Lipinski definition) is 2. The largest absolute Gasteiger partial charge is 0.369 e. The first-order chi connectivity index (χ1) is 19.6. The summed E-state index contributed by atoms with van der Waals surface area (Å²) in [5.41, 5.74) is 5.66. The van der Waals surface area contributed by atoms with Crippen LogP contribution in [0.4, 0.5) is 17.3 Å². The van der Waals surface area contributed by atoms with Crippen LogP contribution in [0.3, 0.4) is 0 Å². The lowest BCUT2D eigenvalue weighted by Gasteiger charge is -2.34. The lowest BCUT2D eigenvalue weighted by molar-refractivity contribution is 0.0735. The topological polar surface area (TPSA) is 93.3 Å². The Kier molecular flexibility index (Phi) is 6.41. The lowest BCUT2D eigenvalue weighted by atomic mass is 10.1. The second-order valence-electron chi connectivity index (χ2n) is 10.4. The van der Waals surface area contributed by atoms with E-state index in [1.165, 1.54) is 16.1 Å². The van der Waals surface area contributed by atoms with Crippen LogP contribution in [-0.2, 0) is 13.0 Å². The molecule has 6 heterocycles.